The lowest BCUT2D eigenvalue weighted by Crippen LogP contribution is -2.41. The van der Waals surface area contributed by atoms with Crippen LogP contribution in [-0.4, -0.2) is 46.3 Å². The van der Waals surface area contributed by atoms with Gasteiger partial charge in [-0.1, -0.05) is 6.07 Å². The van der Waals surface area contributed by atoms with E-state index < -0.39 is 5.97 Å². The number of carboxylic acid groups (broad SMARTS) is 1. The molecular weight excluding hydrogens is 272 g/mol. The summed E-state index contributed by atoms with van der Waals surface area (Å²) in [5.41, 5.74) is 1.40. The third-order valence-electron chi connectivity index (χ3n) is 3.17. The summed E-state index contributed by atoms with van der Waals surface area (Å²) in [4.78, 5) is 24.9. The first-order chi connectivity index (χ1) is 9.86. The van der Waals surface area contributed by atoms with E-state index >= 15 is 0 Å². The molecule has 1 aromatic rings. The van der Waals surface area contributed by atoms with Crippen molar-refractivity contribution in [2.45, 2.75) is 33.2 Å². The lowest BCUT2D eigenvalue weighted by Gasteiger charge is -2.27. The molecule has 3 N–H and O–H groups in total. The van der Waals surface area contributed by atoms with E-state index in [0.29, 0.717) is 18.7 Å². The number of urea groups is 1. The molecule has 116 valence electrons. The molecule has 0 radical (unpaired) electrons. The second-order valence-corrected chi connectivity index (χ2v) is 5.13. The Morgan fingerprint density at radius 1 is 1.33 bits per heavy atom. The van der Waals surface area contributed by atoms with Gasteiger partial charge in [0.25, 0.3) is 0 Å². The summed E-state index contributed by atoms with van der Waals surface area (Å²) >= 11 is 0. The number of amides is 2. The Morgan fingerprint density at radius 3 is 2.52 bits per heavy atom. The number of benzene rings is 1. The monoisotopic (exact) mass is 294 g/mol. The minimum absolute atomic E-state index is 0.0143. The smallest absolute Gasteiger partial charge is 0.335 e. The number of nitrogens with one attached hydrogen (secondary N) is 1. The van der Waals surface area contributed by atoms with Crippen LogP contribution in [0.4, 0.5) is 10.5 Å². The quantitative estimate of drug-likeness (QED) is 0.751. The van der Waals surface area contributed by atoms with Crippen LogP contribution in [0.3, 0.4) is 0 Å². The second kappa shape index (κ2) is 7.64. The van der Waals surface area contributed by atoms with Crippen molar-refractivity contribution in [3.05, 3.63) is 29.3 Å². The third kappa shape index (κ3) is 4.75. The number of aliphatic hydroxyl groups is 1. The molecule has 0 bridgehead atoms. The third-order valence-corrected chi connectivity index (χ3v) is 3.17. The standard InChI is InChI=1S/C15H22N2O4/c1-10(2)17(7-4-8-18)15(21)16-13-9-12(14(19)20)6-5-11(13)3/h5-6,9-10,18H,4,7-8H2,1-3H3,(H,16,21)(H,19,20). The highest BCUT2D eigenvalue weighted by molar-refractivity contribution is 5.94. The molecule has 0 saturated carbocycles. The van der Waals surface area contributed by atoms with Crippen LogP contribution < -0.4 is 5.32 Å². The van der Waals surface area contributed by atoms with Crippen LogP contribution in [0.1, 0.15) is 36.2 Å². The second-order valence-electron chi connectivity index (χ2n) is 5.13. The molecule has 6 heteroatoms. The van der Waals surface area contributed by atoms with Gasteiger partial charge in [-0.3, -0.25) is 0 Å². The van der Waals surface area contributed by atoms with E-state index in [9.17, 15) is 9.59 Å². The first-order valence-corrected chi connectivity index (χ1v) is 6.89. The molecule has 0 heterocycles. The molecular formula is C15H22N2O4. The van der Waals surface area contributed by atoms with Crippen LogP contribution >= 0.6 is 0 Å². The number of carboxylic acids is 1. The summed E-state index contributed by atoms with van der Waals surface area (Å²) in [5.74, 6) is -1.04. The van der Waals surface area contributed by atoms with Crippen molar-refractivity contribution >= 4 is 17.7 Å². The number of aromatic carboxylic acids is 1. The Labute approximate surface area is 124 Å². The van der Waals surface area contributed by atoms with Gasteiger partial charge in [-0.15, -0.1) is 0 Å². The topological polar surface area (TPSA) is 89.9 Å². The van der Waals surface area contributed by atoms with Crippen molar-refractivity contribution in [3.8, 4) is 0 Å². The number of hydrogen-bond donors (Lipinski definition) is 3. The SMILES string of the molecule is Cc1ccc(C(=O)O)cc1NC(=O)N(CCCO)C(C)C. The average molecular weight is 294 g/mol. The highest BCUT2D eigenvalue weighted by Crippen LogP contribution is 2.18. The Bertz CT molecular complexity index is 514. The minimum atomic E-state index is -1.04. The van der Waals surface area contributed by atoms with Crippen LogP contribution in [0.5, 0.6) is 0 Å². The Morgan fingerprint density at radius 2 is 2.00 bits per heavy atom. The largest absolute Gasteiger partial charge is 0.478 e. The summed E-state index contributed by atoms with van der Waals surface area (Å²) in [6, 6.07) is 4.29. The van der Waals surface area contributed by atoms with Crippen LogP contribution in [0, 0.1) is 6.92 Å². The molecule has 0 unspecified atom stereocenters. The molecule has 0 saturated heterocycles. The summed E-state index contributed by atoms with van der Waals surface area (Å²) in [6.07, 6.45) is 0.500. The van der Waals surface area contributed by atoms with Crippen molar-refractivity contribution in [1.29, 1.82) is 0 Å². The van der Waals surface area contributed by atoms with E-state index in [2.05, 4.69) is 5.32 Å². The first-order valence-electron chi connectivity index (χ1n) is 6.89. The number of hydrogen-bond acceptors (Lipinski definition) is 3. The molecule has 0 aliphatic rings. The molecule has 6 nitrogen and oxygen atoms in total. The summed E-state index contributed by atoms with van der Waals surface area (Å²) in [5, 5.41) is 20.6. The lowest BCUT2D eigenvalue weighted by atomic mass is 10.1. The highest BCUT2D eigenvalue weighted by Gasteiger charge is 2.17. The highest BCUT2D eigenvalue weighted by atomic mass is 16.4. The molecule has 0 spiro atoms. The maximum absolute atomic E-state index is 12.3. The number of aryl methyl sites for hydroxylation is 1. The average Bonchev–Trinajstić information content (AvgIpc) is 2.41. The lowest BCUT2D eigenvalue weighted by molar-refractivity contribution is 0.0697. The molecule has 0 aromatic heterocycles. The van der Waals surface area contributed by atoms with Crippen molar-refractivity contribution in [2.24, 2.45) is 0 Å². The number of rotatable bonds is 6. The van der Waals surface area contributed by atoms with Crippen molar-refractivity contribution < 1.29 is 19.8 Å². The van der Waals surface area contributed by atoms with E-state index in [1.807, 2.05) is 13.8 Å². The molecule has 1 rings (SSSR count). The van der Waals surface area contributed by atoms with Crippen molar-refractivity contribution in [1.82, 2.24) is 4.90 Å². The van der Waals surface area contributed by atoms with Crippen LogP contribution in [0.2, 0.25) is 0 Å². The fourth-order valence-electron chi connectivity index (χ4n) is 1.91. The van der Waals surface area contributed by atoms with Gasteiger partial charge in [0.15, 0.2) is 0 Å². The van der Waals surface area contributed by atoms with Gasteiger partial charge in [-0.25, -0.2) is 9.59 Å². The summed E-state index contributed by atoms with van der Waals surface area (Å²) in [6.45, 7) is 6.03. The van der Waals surface area contributed by atoms with Gasteiger partial charge < -0.3 is 20.4 Å². The summed E-state index contributed by atoms with van der Waals surface area (Å²) < 4.78 is 0. The molecule has 0 fully saturated rings. The zero-order valence-corrected chi connectivity index (χ0v) is 12.6. The van der Waals surface area contributed by atoms with E-state index in [1.54, 1.807) is 17.9 Å². The Balaban J connectivity index is 2.90. The molecule has 0 aliphatic heterocycles. The molecule has 0 aliphatic carbocycles. The zero-order valence-electron chi connectivity index (χ0n) is 12.6. The van der Waals surface area contributed by atoms with Gasteiger partial charge in [-0.05, 0) is 44.9 Å². The minimum Gasteiger partial charge on any atom is -0.478 e. The van der Waals surface area contributed by atoms with E-state index in [-0.39, 0.29) is 24.2 Å². The molecule has 21 heavy (non-hydrogen) atoms. The van der Waals surface area contributed by atoms with E-state index in [0.717, 1.165) is 5.56 Å². The maximum atomic E-state index is 12.3. The predicted octanol–water partition coefficient (Wildman–Crippen LogP) is 2.32. The molecule has 0 atom stereocenters. The van der Waals surface area contributed by atoms with Gasteiger partial charge in [0.1, 0.15) is 0 Å². The molecule has 1 aromatic carbocycles. The van der Waals surface area contributed by atoms with Crippen LogP contribution in [0.25, 0.3) is 0 Å². The van der Waals surface area contributed by atoms with Crippen molar-refractivity contribution in [2.75, 3.05) is 18.5 Å². The van der Waals surface area contributed by atoms with Gasteiger partial charge in [0.05, 0.1) is 5.56 Å². The van der Waals surface area contributed by atoms with Gasteiger partial charge in [0, 0.05) is 24.9 Å². The normalized spacial score (nSPS) is 10.5. The maximum Gasteiger partial charge on any atom is 0.335 e. The Hall–Kier alpha value is -2.08. The van der Waals surface area contributed by atoms with Gasteiger partial charge in [-0.2, -0.15) is 0 Å². The fraction of sp³-hybridized carbons (Fsp3) is 0.467. The fourth-order valence-corrected chi connectivity index (χ4v) is 1.91. The van der Waals surface area contributed by atoms with Gasteiger partial charge >= 0.3 is 12.0 Å². The van der Waals surface area contributed by atoms with Crippen LogP contribution in [-0.2, 0) is 0 Å². The first kappa shape index (κ1) is 17.0. The van der Waals surface area contributed by atoms with E-state index in [1.165, 1.54) is 12.1 Å². The molecule has 2 amide bonds. The number of carbonyl (C=O) groups excluding carboxylic acids is 1. The predicted molar refractivity (Wildman–Crippen MR) is 80.7 cm³/mol. The zero-order chi connectivity index (χ0) is 16.0. The van der Waals surface area contributed by atoms with E-state index in [4.69, 9.17) is 10.2 Å². The Kier molecular flexibility index (Phi) is 6.17. The number of nitrogens with zero attached hydrogens (tertiary/aromatic N) is 1. The number of aliphatic hydroxyl groups excluding tert-OH is 1. The van der Waals surface area contributed by atoms with Crippen LogP contribution in [0.15, 0.2) is 18.2 Å². The van der Waals surface area contributed by atoms with Crippen molar-refractivity contribution in [3.63, 3.8) is 0 Å². The number of anilines is 1. The van der Waals surface area contributed by atoms with Gasteiger partial charge in [0.2, 0.25) is 0 Å². The summed E-state index contributed by atoms with van der Waals surface area (Å²) in [7, 11) is 0. The number of carbonyl (C=O) groups is 2.